The molecule has 1 aliphatic heterocycles. The van der Waals surface area contributed by atoms with Crippen LogP contribution in [0.1, 0.15) is 29.7 Å². The van der Waals surface area contributed by atoms with Gasteiger partial charge in [-0.25, -0.2) is 9.78 Å². The topological polar surface area (TPSA) is 69.5 Å². The molecular weight excluding hydrogens is 425 g/mol. The minimum Gasteiger partial charge on any atom is -0.410 e. The van der Waals surface area contributed by atoms with Gasteiger partial charge < -0.3 is 14.5 Å². The number of hydrogen-bond acceptors (Lipinski definition) is 5. The Morgan fingerprint density at radius 1 is 1.09 bits per heavy atom. The molecule has 0 bridgehead atoms. The molecule has 1 aliphatic rings. The summed E-state index contributed by atoms with van der Waals surface area (Å²) in [5.74, 6) is 0.399. The highest BCUT2D eigenvalue weighted by atomic mass is 19.4. The van der Waals surface area contributed by atoms with Gasteiger partial charge in [-0.05, 0) is 29.8 Å². The lowest BCUT2D eigenvalue weighted by Crippen LogP contribution is -2.44. The van der Waals surface area contributed by atoms with Crippen LogP contribution in [0.3, 0.4) is 0 Å². The number of carbonyl (C=O) groups excluding carboxylic acids is 1. The Balaban J connectivity index is 1.26. The van der Waals surface area contributed by atoms with Crippen molar-refractivity contribution in [2.24, 2.45) is 0 Å². The van der Waals surface area contributed by atoms with Crippen molar-refractivity contribution in [1.82, 2.24) is 19.6 Å². The molecule has 2 aromatic heterocycles. The molecule has 3 heterocycles. The molecule has 10 heteroatoms. The first-order valence-electron chi connectivity index (χ1n) is 10.1. The van der Waals surface area contributed by atoms with Crippen LogP contribution in [0.2, 0.25) is 0 Å². The number of imidazole rings is 1. The largest absolute Gasteiger partial charge is 0.417 e. The summed E-state index contributed by atoms with van der Waals surface area (Å²) in [6.45, 7) is 1.05. The van der Waals surface area contributed by atoms with Gasteiger partial charge in [0.05, 0.1) is 11.8 Å². The quantitative estimate of drug-likeness (QED) is 0.593. The van der Waals surface area contributed by atoms with E-state index in [-0.39, 0.29) is 6.10 Å². The minimum atomic E-state index is -4.40. The normalized spacial score (nSPS) is 14.9. The second-order valence-corrected chi connectivity index (χ2v) is 7.44. The molecule has 3 aromatic rings. The number of aromatic nitrogens is 3. The number of carbonyl (C=O) groups is 1. The highest BCUT2D eigenvalue weighted by Gasteiger charge is 2.30. The van der Waals surface area contributed by atoms with Crippen molar-refractivity contribution >= 4 is 6.09 Å². The number of alkyl halides is 3. The summed E-state index contributed by atoms with van der Waals surface area (Å²) in [7, 11) is 0. The summed E-state index contributed by atoms with van der Waals surface area (Å²) in [5.41, 5.74) is 0.582. The van der Waals surface area contributed by atoms with Crippen LogP contribution >= 0.6 is 0 Å². The molecule has 32 heavy (non-hydrogen) atoms. The fraction of sp³-hybridized carbons (Fsp3) is 0.318. The molecule has 0 unspecified atom stereocenters. The van der Waals surface area contributed by atoms with Gasteiger partial charge in [0.1, 0.15) is 18.2 Å². The van der Waals surface area contributed by atoms with Gasteiger partial charge in [-0.3, -0.25) is 4.98 Å². The van der Waals surface area contributed by atoms with E-state index in [0.29, 0.717) is 43.8 Å². The number of rotatable bonds is 5. The van der Waals surface area contributed by atoms with Crippen LogP contribution in [-0.2, 0) is 12.6 Å². The molecule has 0 saturated carbocycles. The van der Waals surface area contributed by atoms with Crippen molar-refractivity contribution < 1.29 is 27.5 Å². The maximum Gasteiger partial charge on any atom is 0.417 e. The second-order valence-electron chi connectivity index (χ2n) is 7.44. The number of amides is 1. The fourth-order valence-corrected chi connectivity index (χ4v) is 3.37. The highest BCUT2D eigenvalue weighted by molar-refractivity contribution is 5.70. The number of piperidine rings is 1. The summed E-state index contributed by atoms with van der Waals surface area (Å²) >= 11 is 0. The standard InChI is InChI=1S/C22H21F3N4O3/c23-22(24,25)17-3-4-18(27-14-17)13-16-1-5-19(6-2-16)31-21(30)28-10-7-20(8-11-28)32-29-12-9-26-15-29/h1-6,9,12,14-15,20H,7-8,10-11,13H2. The van der Waals surface area contributed by atoms with Gasteiger partial charge >= 0.3 is 12.3 Å². The van der Waals surface area contributed by atoms with Gasteiger partial charge in [0.15, 0.2) is 0 Å². The third kappa shape index (κ3) is 5.57. The third-order valence-corrected chi connectivity index (χ3v) is 5.12. The maximum absolute atomic E-state index is 12.6. The Morgan fingerprint density at radius 2 is 1.84 bits per heavy atom. The number of pyridine rings is 1. The SMILES string of the molecule is O=C(Oc1ccc(Cc2ccc(C(F)(F)F)cn2)cc1)N1CCC(On2ccnc2)CC1. The predicted octanol–water partition coefficient (Wildman–Crippen LogP) is 3.98. The Hall–Kier alpha value is -3.56. The van der Waals surface area contributed by atoms with E-state index < -0.39 is 17.8 Å². The molecule has 1 fully saturated rings. The first-order chi connectivity index (χ1) is 15.4. The average molecular weight is 446 g/mol. The van der Waals surface area contributed by atoms with E-state index in [9.17, 15) is 18.0 Å². The molecule has 0 radical (unpaired) electrons. The summed E-state index contributed by atoms with van der Waals surface area (Å²) in [5, 5.41) is 0. The van der Waals surface area contributed by atoms with Crippen LogP contribution in [0.5, 0.6) is 5.75 Å². The van der Waals surface area contributed by atoms with Crippen LogP contribution in [0.25, 0.3) is 0 Å². The van der Waals surface area contributed by atoms with E-state index in [4.69, 9.17) is 9.57 Å². The van der Waals surface area contributed by atoms with E-state index in [1.807, 2.05) is 0 Å². The second kappa shape index (κ2) is 9.29. The van der Waals surface area contributed by atoms with Gasteiger partial charge in [-0.1, -0.05) is 12.1 Å². The van der Waals surface area contributed by atoms with E-state index in [1.165, 1.54) is 6.07 Å². The lowest BCUT2D eigenvalue weighted by atomic mass is 10.1. The molecule has 4 rings (SSSR count). The van der Waals surface area contributed by atoms with Crippen molar-refractivity contribution in [3.63, 3.8) is 0 Å². The Morgan fingerprint density at radius 3 is 2.44 bits per heavy atom. The fourth-order valence-electron chi connectivity index (χ4n) is 3.37. The molecule has 1 amide bonds. The lowest BCUT2D eigenvalue weighted by molar-refractivity contribution is -0.137. The highest BCUT2D eigenvalue weighted by Crippen LogP contribution is 2.28. The van der Waals surface area contributed by atoms with E-state index >= 15 is 0 Å². The smallest absolute Gasteiger partial charge is 0.410 e. The summed E-state index contributed by atoms with van der Waals surface area (Å²) in [6, 6.07) is 9.21. The molecule has 0 aliphatic carbocycles. The maximum atomic E-state index is 12.6. The van der Waals surface area contributed by atoms with Crippen molar-refractivity contribution in [2.45, 2.75) is 31.5 Å². The first kappa shape index (κ1) is 21.7. The molecule has 168 valence electrons. The number of halogens is 3. The third-order valence-electron chi connectivity index (χ3n) is 5.12. The van der Waals surface area contributed by atoms with Crippen LogP contribution < -0.4 is 9.57 Å². The predicted molar refractivity (Wildman–Crippen MR) is 108 cm³/mol. The van der Waals surface area contributed by atoms with Gasteiger partial charge in [0, 0.05) is 50.4 Å². The van der Waals surface area contributed by atoms with Crippen molar-refractivity contribution in [2.75, 3.05) is 13.1 Å². The van der Waals surface area contributed by atoms with Crippen molar-refractivity contribution in [3.05, 3.63) is 78.1 Å². The van der Waals surface area contributed by atoms with Crippen molar-refractivity contribution in [3.8, 4) is 5.75 Å². The van der Waals surface area contributed by atoms with Crippen molar-refractivity contribution in [1.29, 1.82) is 0 Å². The Bertz CT molecular complexity index is 1010. The number of likely N-dealkylation sites (tertiary alicyclic amines) is 1. The molecular formula is C22H21F3N4O3. The zero-order valence-corrected chi connectivity index (χ0v) is 17.0. The number of ether oxygens (including phenoxy) is 1. The molecule has 0 spiro atoms. The van der Waals surface area contributed by atoms with Crippen LogP contribution in [0, 0.1) is 0 Å². The lowest BCUT2D eigenvalue weighted by Gasteiger charge is -2.31. The number of hydrogen-bond donors (Lipinski definition) is 0. The molecule has 0 atom stereocenters. The number of nitrogens with zero attached hydrogens (tertiary/aromatic N) is 4. The van der Waals surface area contributed by atoms with E-state index in [0.717, 1.165) is 17.8 Å². The summed E-state index contributed by atoms with van der Waals surface area (Å²) in [4.78, 5) is 27.6. The van der Waals surface area contributed by atoms with Gasteiger partial charge in [0.25, 0.3) is 0 Å². The monoisotopic (exact) mass is 446 g/mol. The zero-order valence-electron chi connectivity index (χ0n) is 17.0. The van der Waals surface area contributed by atoms with E-state index in [1.54, 1.807) is 52.6 Å². The molecule has 7 nitrogen and oxygen atoms in total. The summed E-state index contributed by atoms with van der Waals surface area (Å²) < 4.78 is 44.9. The molecule has 1 saturated heterocycles. The Labute approximate surface area is 182 Å². The molecule has 0 N–H and O–H groups in total. The van der Waals surface area contributed by atoms with Crippen LogP contribution in [0.4, 0.5) is 18.0 Å². The summed E-state index contributed by atoms with van der Waals surface area (Å²) in [6.07, 6.45) is 2.69. The first-order valence-corrected chi connectivity index (χ1v) is 10.1. The van der Waals surface area contributed by atoms with Crippen LogP contribution in [0.15, 0.2) is 61.3 Å². The van der Waals surface area contributed by atoms with Gasteiger partial charge in [-0.2, -0.15) is 17.9 Å². The van der Waals surface area contributed by atoms with Crippen LogP contribution in [-0.4, -0.2) is 44.9 Å². The van der Waals surface area contributed by atoms with E-state index in [2.05, 4.69) is 9.97 Å². The number of benzene rings is 1. The average Bonchev–Trinajstić information content (AvgIpc) is 3.28. The molecule has 1 aromatic carbocycles. The zero-order chi connectivity index (χ0) is 22.6. The Kier molecular flexibility index (Phi) is 6.29. The van der Waals surface area contributed by atoms with Gasteiger partial charge in [0.2, 0.25) is 0 Å². The minimum absolute atomic E-state index is 0.00587. The van der Waals surface area contributed by atoms with Gasteiger partial charge in [-0.15, -0.1) is 0 Å².